The summed E-state index contributed by atoms with van der Waals surface area (Å²) in [4.78, 5) is 5.15. The average Bonchev–Trinajstić information content (AvgIpc) is 3.87. The maximum Gasteiger partial charge on any atom is 0.0736 e. The number of para-hydroxylation sites is 1. The van der Waals surface area contributed by atoms with E-state index in [1.807, 2.05) is 11.8 Å². The fraction of sp³-hybridized carbons (Fsp3) is 0.143. The first-order valence-corrected chi connectivity index (χ1v) is 26.3. The van der Waals surface area contributed by atoms with Crippen LogP contribution in [-0.4, -0.2) is 0 Å². The number of anilines is 3. The van der Waals surface area contributed by atoms with Gasteiger partial charge in [0, 0.05) is 26.7 Å². The lowest BCUT2D eigenvalue weighted by Crippen LogP contribution is -2.33. The van der Waals surface area contributed by atoms with Gasteiger partial charge in [-0.25, -0.2) is 0 Å². The van der Waals surface area contributed by atoms with E-state index in [4.69, 9.17) is 0 Å². The number of fused-ring (bicyclic) bond motifs is 12. The van der Waals surface area contributed by atoms with Gasteiger partial charge in [0.25, 0.3) is 0 Å². The first-order valence-electron chi connectivity index (χ1n) is 25.5. The Labute approximate surface area is 429 Å². The third-order valence-electron chi connectivity index (χ3n) is 15.9. The zero-order valence-electron chi connectivity index (χ0n) is 41.9. The molecule has 0 amide bonds. The Balaban J connectivity index is 1.13. The van der Waals surface area contributed by atoms with Crippen molar-refractivity contribution in [3.8, 4) is 33.4 Å². The molecule has 0 fully saturated rings. The van der Waals surface area contributed by atoms with E-state index in [1.165, 1.54) is 98.8 Å². The van der Waals surface area contributed by atoms with Crippen LogP contribution in [0.15, 0.2) is 246 Å². The molecule has 10 aromatic carbocycles. The molecule has 0 saturated heterocycles. The molecule has 13 rings (SSSR count). The van der Waals surface area contributed by atoms with Gasteiger partial charge in [0.2, 0.25) is 0 Å². The third kappa shape index (κ3) is 6.55. The van der Waals surface area contributed by atoms with E-state index in [0.717, 1.165) is 17.1 Å². The highest BCUT2D eigenvalue weighted by Gasteiger charge is 2.52. The highest BCUT2D eigenvalue weighted by Crippen LogP contribution is 2.64. The monoisotopic (exact) mass is 943 g/mol. The van der Waals surface area contributed by atoms with E-state index < -0.39 is 10.8 Å². The van der Waals surface area contributed by atoms with Crippen LogP contribution in [0.25, 0.3) is 33.4 Å². The van der Waals surface area contributed by atoms with Crippen LogP contribution in [-0.2, 0) is 21.7 Å². The van der Waals surface area contributed by atoms with E-state index in [0.29, 0.717) is 0 Å². The summed E-state index contributed by atoms with van der Waals surface area (Å²) in [5, 5.41) is 0. The van der Waals surface area contributed by atoms with Crippen LogP contribution in [0, 0.1) is 0 Å². The molecule has 1 nitrogen and oxygen atoms in total. The average molecular weight is 944 g/mol. The molecular formula is C70H57NS. The van der Waals surface area contributed by atoms with Gasteiger partial charge in [-0.3, -0.25) is 0 Å². The van der Waals surface area contributed by atoms with Gasteiger partial charge in [0.05, 0.1) is 16.5 Å². The van der Waals surface area contributed by atoms with Crippen LogP contribution in [0.1, 0.15) is 97.2 Å². The summed E-state index contributed by atoms with van der Waals surface area (Å²) in [5.41, 5.74) is 22.8. The second-order valence-corrected chi connectivity index (χ2v) is 23.1. The molecule has 348 valence electrons. The molecule has 72 heavy (non-hydrogen) atoms. The maximum absolute atomic E-state index is 2.57. The lowest BCUT2D eigenvalue weighted by molar-refractivity contribution is 0.585. The Bertz CT molecular complexity index is 3640. The Morgan fingerprint density at radius 2 is 0.750 bits per heavy atom. The van der Waals surface area contributed by atoms with Crippen molar-refractivity contribution in [2.75, 3.05) is 4.90 Å². The molecule has 0 bridgehead atoms. The van der Waals surface area contributed by atoms with Crippen molar-refractivity contribution in [3.05, 3.63) is 292 Å². The Morgan fingerprint density at radius 1 is 0.319 bits per heavy atom. The van der Waals surface area contributed by atoms with Gasteiger partial charge < -0.3 is 4.90 Å². The number of rotatable bonds is 6. The van der Waals surface area contributed by atoms with Gasteiger partial charge in [-0.2, -0.15) is 0 Å². The second-order valence-electron chi connectivity index (χ2n) is 22.0. The highest BCUT2D eigenvalue weighted by atomic mass is 32.2. The molecule has 0 aromatic heterocycles. The van der Waals surface area contributed by atoms with E-state index in [9.17, 15) is 0 Å². The molecule has 2 heteroatoms. The van der Waals surface area contributed by atoms with E-state index in [2.05, 4.69) is 283 Å². The number of hydrogen-bond donors (Lipinski definition) is 0. The van der Waals surface area contributed by atoms with Crippen molar-refractivity contribution in [2.24, 2.45) is 0 Å². The molecule has 1 spiro atoms. The van der Waals surface area contributed by atoms with Crippen molar-refractivity contribution in [2.45, 2.75) is 73.0 Å². The van der Waals surface area contributed by atoms with Gasteiger partial charge in [0.15, 0.2) is 0 Å². The van der Waals surface area contributed by atoms with Crippen LogP contribution in [0.5, 0.6) is 0 Å². The molecule has 0 atom stereocenters. The fourth-order valence-corrected chi connectivity index (χ4v) is 13.7. The molecule has 2 aliphatic carbocycles. The fourth-order valence-electron chi connectivity index (χ4n) is 12.5. The summed E-state index contributed by atoms with van der Waals surface area (Å²) in [6.45, 7) is 14.1. The van der Waals surface area contributed by atoms with Crippen LogP contribution < -0.4 is 4.90 Å². The molecule has 1 heterocycles. The van der Waals surface area contributed by atoms with Gasteiger partial charge >= 0.3 is 0 Å². The zero-order valence-corrected chi connectivity index (χ0v) is 42.7. The summed E-state index contributed by atoms with van der Waals surface area (Å²) < 4.78 is 0. The zero-order chi connectivity index (χ0) is 49.0. The van der Waals surface area contributed by atoms with Gasteiger partial charge in [-0.15, -0.1) is 0 Å². The normalized spacial score (nSPS) is 14.4. The summed E-state index contributed by atoms with van der Waals surface area (Å²) in [7, 11) is 0. The molecule has 0 N–H and O–H groups in total. The SMILES string of the molecule is CC(C)(C)c1ccc2c(c1)C1(c3ccccc3Sc3ccc(N(c4ccc5c(c4)C(c4ccccc4)(c4ccccc4)c4ccccc4-5)c4ccccc4-c4ccccc4)cc31)c1cc(C(C)(C)C)ccc1-2. The van der Waals surface area contributed by atoms with E-state index >= 15 is 0 Å². The maximum atomic E-state index is 2.57. The lowest BCUT2D eigenvalue weighted by Gasteiger charge is -2.41. The quantitative estimate of drug-likeness (QED) is 0.163. The predicted octanol–water partition coefficient (Wildman–Crippen LogP) is 18.6. The van der Waals surface area contributed by atoms with E-state index in [-0.39, 0.29) is 10.8 Å². The molecular weight excluding hydrogens is 887 g/mol. The molecule has 0 radical (unpaired) electrons. The van der Waals surface area contributed by atoms with Crippen LogP contribution >= 0.6 is 11.8 Å². The first kappa shape index (κ1) is 44.3. The summed E-state index contributed by atoms with van der Waals surface area (Å²) >= 11 is 1.91. The van der Waals surface area contributed by atoms with Crippen LogP contribution in [0.4, 0.5) is 17.1 Å². The molecule has 10 aromatic rings. The van der Waals surface area contributed by atoms with Crippen molar-refractivity contribution < 1.29 is 0 Å². The van der Waals surface area contributed by atoms with Crippen molar-refractivity contribution in [1.82, 2.24) is 0 Å². The topological polar surface area (TPSA) is 3.24 Å². The van der Waals surface area contributed by atoms with Crippen LogP contribution in [0.3, 0.4) is 0 Å². The van der Waals surface area contributed by atoms with Crippen molar-refractivity contribution in [1.29, 1.82) is 0 Å². The smallest absolute Gasteiger partial charge is 0.0736 e. The first-order chi connectivity index (χ1) is 35.0. The lowest BCUT2D eigenvalue weighted by atomic mass is 9.66. The Kier molecular flexibility index (Phi) is 10.1. The highest BCUT2D eigenvalue weighted by molar-refractivity contribution is 7.99. The molecule has 0 unspecified atom stereocenters. The number of benzene rings is 10. The summed E-state index contributed by atoms with van der Waals surface area (Å²) in [6, 6.07) is 89.9. The number of nitrogens with zero attached hydrogens (tertiary/aromatic N) is 1. The molecule has 0 saturated carbocycles. The standard InChI is InChI=1S/C70H57NS/c1-67(2,3)49-34-38-55-56-39-35-50(68(4,5)6)43-61(56)70(60(55)42-49)59-31-19-21-33-65(59)72-66-41-37-52(45-63(66)70)71(64-32-20-17-28-53(64)46-22-10-7-11-23-46)51-36-40-57-54-29-16-18-30-58(54)69(62(57)44-51,47-24-12-8-13-25-47)48-26-14-9-15-27-48/h7-45H,1-6H3. The van der Waals surface area contributed by atoms with Crippen molar-refractivity contribution in [3.63, 3.8) is 0 Å². The van der Waals surface area contributed by atoms with Gasteiger partial charge in [-0.1, -0.05) is 247 Å². The van der Waals surface area contributed by atoms with E-state index in [1.54, 1.807) is 0 Å². The predicted molar refractivity (Wildman–Crippen MR) is 303 cm³/mol. The third-order valence-corrected chi connectivity index (χ3v) is 17.1. The molecule has 1 aliphatic heterocycles. The summed E-state index contributed by atoms with van der Waals surface area (Å²) in [5.74, 6) is 0. The molecule has 3 aliphatic rings. The van der Waals surface area contributed by atoms with Crippen molar-refractivity contribution >= 4 is 28.8 Å². The second kappa shape index (κ2) is 16.5. The van der Waals surface area contributed by atoms with Gasteiger partial charge in [-0.05, 0) is 137 Å². The largest absolute Gasteiger partial charge is 0.310 e. The minimum atomic E-state index is -0.583. The van der Waals surface area contributed by atoms with Gasteiger partial charge in [0.1, 0.15) is 0 Å². The Morgan fingerprint density at radius 3 is 1.35 bits per heavy atom. The minimum absolute atomic E-state index is 0.0466. The number of hydrogen-bond acceptors (Lipinski definition) is 2. The van der Waals surface area contributed by atoms with Crippen LogP contribution in [0.2, 0.25) is 0 Å². The minimum Gasteiger partial charge on any atom is -0.310 e. The Hall–Kier alpha value is -7.65. The summed E-state index contributed by atoms with van der Waals surface area (Å²) in [6.07, 6.45) is 0.